The van der Waals surface area contributed by atoms with Crippen LogP contribution in [-0.4, -0.2) is 33.9 Å². The summed E-state index contributed by atoms with van der Waals surface area (Å²) in [6.07, 6.45) is 0. The van der Waals surface area contributed by atoms with E-state index in [2.05, 4.69) is 5.16 Å². The smallest absolute Gasteiger partial charge is 0.239 e. The summed E-state index contributed by atoms with van der Waals surface area (Å²) >= 11 is 0. The molecule has 1 aromatic rings. The topological polar surface area (TPSA) is 90.7 Å². The Morgan fingerprint density at radius 1 is 1.50 bits per heavy atom. The van der Waals surface area contributed by atoms with Gasteiger partial charge in [-0.3, -0.25) is 4.84 Å². The Labute approximate surface area is 93.7 Å². The number of hydrogen-bond donors (Lipinski definition) is 1. The molecule has 0 aromatic carbocycles. The number of sulfonamides is 1. The van der Waals surface area contributed by atoms with Gasteiger partial charge in [0.15, 0.2) is 0 Å². The standard InChI is InChI=1S/C8H14N2O5S/c1-7-5-8(9-15-7)6-16(11,12)10-14-4-3-13-2/h5,10H,3-4,6H2,1-2H3. The van der Waals surface area contributed by atoms with Crippen molar-refractivity contribution in [2.45, 2.75) is 12.7 Å². The molecule has 16 heavy (non-hydrogen) atoms. The third-order valence-corrected chi connectivity index (χ3v) is 2.64. The maximum atomic E-state index is 11.4. The van der Waals surface area contributed by atoms with Crippen LogP contribution in [0.5, 0.6) is 0 Å². The van der Waals surface area contributed by atoms with Crippen molar-refractivity contribution in [2.24, 2.45) is 0 Å². The lowest BCUT2D eigenvalue weighted by Crippen LogP contribution is -2.27. The normalized spacial score (nSPS) is 11.9. The van der Waals surface area contributed by atoms with Crippen LogP contribution in [0.3, 0.4) is 0 Å². The SMILES string of the molecule is COCCONS(=O)(=O)Cc1cc(C)on1. The molecule has 0 unspecified atom stereocenters. The van der Waals surface area contributed by atoms with E-state index >= 15 is 0 Å². The van der Waals surface area contributed by atoms with E-state index in [4.69, 9.17) is 14.1 Å². The molecule has 92 valence electrons. The van der Waals surface area contributed by atoms with E-state index in [1.807, 2.05) is 4.89 Å². The summed E-state index contributed by atoms with van der Waals surface area (Å²) in [5, 5.41) is 3.57. The van der Waals surface area contributed by atoms with Crippen molar-refractivity contribution in [3.63, 3.8) is 0 Å². The van der Waals surface area contributed by atoms with Gasteiger partial charge in [0.2, 0.25) is 10.0 Å². The van der Waals surface area contributed by atoms with Crippen LogP contribution in [0.2, 0.25) is 0 Å². The molecular weight excluding hydrogens is 236 g/mol. The zero-order chi connectivity index (χ0) is 12.0. The number of rotatable bonds is 7. The predicted molar refractivity (Wildman–Crippen MR) is 54.8 cm³/mol. The van der Waals surface area contributed by atoms with Crippen LogP contribution in [0.25, 0.3) is 0 Å². The fourth-order valence-electron chi connectivity index (χ4n) is 0.967. The summed E-state index contributed by atoms with van der Waals surface area (Å²) in [5.74, 6) is 0.280. The molecule has 1 aromatic heterocycles. The van der Waals surface area contributed by atoms with Gasteiger partial charge in [-0.05, 0) is 6.92 Å². The minimum atomic E-state index is -3.55. The minimum absolute atomic E-state index is 0.146. The molecule has 0 atom stereocenters. The highest BCUT2D eigenvalue weighted by atomic mass is 32.2. The summed E-state index contributed by atoms with van der Waals surface area (Å²) in [4.78, 5) is 6.66. The lowest BCUT2D eigenvalue weighted by atomic mass is 10.4. The van der Waals surface area contributed by atoms with Gasteiger partial charge in [-0.15, -0.1) is 0 Å². The van der Waals surface area contributed by atoms with E-state index in [1.54, 1.807) is 13.0 Å². The number of nitrogens with zero attached hydrogens (tertiary/aromatic N) is 1. The Hall–Kier alpha value is -0.960. The molecule has 1 rings (SSSR count). The van der Waals surface area contributed by atoms with Gasteiger partial charge in [0.1, 0.15) is 17.2 Å². The van der Waals surface area contributed by atoms with Crippen molar-refractivity contribution < 1.29 is 22.5 Å². The first kappa shape index (κ1) is 13.1. The van der Waals surface area contributed by atoms with Crippen molar-refractivity contribution in [2.75, 3.05) is 20.3 Å². The van der Waals surface area contributed by atoms with E-state index in [0.717, 1.165) is 0 Å². The van der Waals surface area contributed by atoms with Gasteiger partial charge >= 0.3 is 0 Å². The largest absolute Gasteiger partial charge is 0.382 e. The molecule has 0 fully saturated rings. The number of aryl methyl sites for hydroxylation is 1. The fraction of sp³-hybridized carbons (Fsp3) is 0.625. The molecule has 1 N–H and O–H groups in total. The maximum absolute atomic E-state index is 11.4. The summed E-state index contributed by atoms with van der Waals surface area (Å²) in [7, 11) is -2.06. The quantitative estimate of drug-likeness (QED) is 0.540. The molecule has 7 nitrogen and oxygen atoms in total. The van der Waals surface area contributed by atoms with Crippen LogP contribution in [0, 0.1) is 6.92 Å². The van der Waals surface area contributed by atoms with Crippen LogP contribution in [0.1, 0.15) is 11.5 Å². The molecule has 0 aliphatic heterocycles. The monoisotopic (exact) mass is 250 g/mol. The van der Waals surface area contributed by atoms with Gasteiger partial charge in [-0.25, -0.2) is 8.42 Å². The van der Waals surface area contributed by atoms with E-state index < -0.39 is 10.0 Å². The Bertz CT molecular complexity index is 414. The summed E-state index contributed by atoms with van der Waals surface area (Å²) in [6, 6.07) is 1.55. The highest BCUT2D eigenvalue weighted by Gasteiger charge is 2.14. The van der Waals surface area contributed by atoms with Gasteiger partial charge < -0.3 is 9.26 Å². The molecule has 1 heterocycles. The Morgan fingerprint density at radius 2 is 2.25 bits per heavy atom. The highest BCUT2D eigenvalue weighted by Crippen LogP contribution is 2.05. The first-order valence-corrected chi connectivity index (χ1v) is 6.21. The summed E-state index contributed by atoms with van der Waals surface area (Å²) in [5.41, 5.74) is 0.334. The van der Waals surface area contributed by atoms with Gasteiger partial charge in [-0.2, -0.15) is 0 Å². The van der Waals surface area contributed by atoms with Crippen LogP contribution in [0.4, 0.5) is 0 Å². The highest BCUT2D eigenvalue weighted by molar-refractivity contribution is 7.88. The molecule has 0 spiro atoms. The number of nitrogens with one attached hydrogen (secondary N) is 1. The molecule has 0 saturated heterocycles. The second-order valence-corrected chi connectivity index (χ2v) is 4.80. The molecule has 0 amide bonds. The Morgan fingerprint density at radius 3 is 2.81 bits per heavy atom. The van der Waals surface area contributed by atoms with Crippen LogP contribution in [0.15, 0.2) is 10.6 Å². The number of hydrogen-bond acceptors (Lipinski definition) is 6. The zero-order valence-electron chi connectivity index (χ0n) is 9.10. The third kappa shape index (κ3) is 4.71. The van der Waals surface area contributed by atoms with Gasteiger partial charge in [0.25, 0.3) is 0 Å². The predicted octanol–water partition coefficient (Wildman–Crippen LogP) is -0.0196. The number of aromatic nitrogens is 1. The van der Waals surface area contributed by atoms with Gasteiger partial charge in [0.05, 0.1) is 13.2 Å². The lowest BCUT2D eigenvalue weighted by Gasteiger charge is -2.04. The zero-order valence-corrected chi connectivity index (χ0v) is 9.91. The number of ether oxygens (including phenoxy) is 1. The molecule has 0 aliphatic rings. The summed E-state index contributed by atoms with van der Waals surface area (Å²) < 4.78 is 32.3. The van der Waals surface area contributed by atoms with Crippen molar-refractivity contribution in [3.8, 4) is 0 Å². The van der Waals surface area contributed by atoms with Crippen molar-refractivity contribution in [3.05, 3.63) is 17.5 Å². The molecule has 0 radical (unpaired) electrons. The van der Waals surface area contributed by atoms with E-state index in [-0.39, 0.29) is 12.4 Å². The molecule has 0 saturated carbocycles. The van der Waals surface area contributed by atoms with E-state index in [0.29, 0.717) is 18.1 Å². The Kier molecular flexibility index (Phi) is 4.87. The number of methoxy groups -OCH3 is 1. The van der Waals surface area contributed by atoms with Crippen molar-refractivity contribution in [1.82, 2.24) is 10.0 Å². The Balaban J connectivity index is 2.40. The van der Waals surface area contributed by atoms with Gasteiger partial charge in [0, 0.05) is 13.2 Å². The molecular formula is C8H14N2O5S. The minimum Gasteiger partial charge on any atom is -0.382 e. The van der Waals surface area contributed by atoms with Crippen molar-refractivity contribution in [1.29, 1.82) is 0 Å². The fourth-order valence-corrected chi connectivity index (χ4v) is 1.81. The first-order chi connectivity index (χ1) is 7.53. The van der Waals surface area contributed by atoms with Crippen LogP contribution in [-0.2, 0) is 25.4 Å². The molecule has 0 aliphatic carbocycles. The van der Waals surface area contributed by atoms with Gasteiger partial charge in [-0.1, -0.05) is 10.0 Å². The third-order valence-electron chi connectivity index (χ3n) is 1.59. The van der Waals surface area contributed by atoms with Crippen LogP contribution >= 0.6 is 0 Å². The second-order valence-electron chi connectivity index (χ2n) is 3.11. The van der Waals surface area contributed by atoms with Crippen molar-refractivity contribution >= 4 is 10.0 Å². The average Bonchev–Trinajstić information content (AvgIpc) is 2.58. The van der Waals surface area contributed by atoms with E-state index in [1.165, 1.54) is 7.11 Å². The second kappa shape index (κ2) is 5.94. The molecule has 8 heteroatoms. The molecule has 0 bridgehead atoms. The summed E-state index contributed by atoms with van der Waals surface area (Å²) in [6.45, 7) is 2.14. The lowest BCUT2D eigenvalue weighted by molar-refractivity contribution is 0.0437. The van der Waals surface area contributed by atoms with Crippen LogP contribution < -0.4 is 4.89 Å². The van der Waals surface area contributed by atoms with E-state index in [9.17, 15) is 8.42 Å². The maximum Gasteiger partial charge on any atom is 0.239 e. The average molecular weight is 250 g/mol. The first-order valence-electron chi connectivity index (χ1n) is 4.56.